The Kier molecular flexibility index (Phi) is 39.5. The molecule has 0 spiro atoms. The molecule has 0 aliphatic heterocycles. The number of hydrogen-bond acceptors (Lipinski definition) is 7. The summed E-state index contributed by atoms with van der Waals surface area (Å²) in [7, 11) is 5.95. The number of nitrogens with zero attached hydrogens (tertiary/aromatic N) is 1. The van der Waals surface area contributed by atoms with Crippen molar-refractivity contribution >= 4 is 17.9 Å². The second-order valence-electron chi connectivity index (χ2n) is 17.1. The fraction of sp³-hybridized carbons (Fsp3) is 0.816. The first-order chi connectivity index (χ1) is 28.1. The highest BCUT2D eigenvalue weighted by Gasteiger charge is 2.25. The predicted octanol–water partition coefficient (Wildman–Crippen LogP) is 12.6. The van der Waals surface area contributed by atoms with Crippen LogP contribution in [0.5, 0.6) is 0 Å². The molecule has 0 amide bonds. The van der Waals surface area contributed by atoms with Gasteiger partial charge in [-0.25, -0.2) is 4.79 Å². The monoisotopic (exact) mass is 821 g/mol. The summed E-state index contributed by atoms with van der Waals surface area (Å²) in [6.07, 6.45) is 43.4. The Bertz CT molecular complexity index is 1050. The molecule has 0 heterocycles. The number of carboxylic acids is 1. The van der Waals surface area contributed by atoms with Crippen LogP contribution in [0.25, 0.3) is 0 Å². The molecule has 0 rings (SSSR count). The summed E-state index contributed by atoms with van der Waals surface area (Å²) in [6, 6.07) is 0. The Morgan fingerprint density at radius 1 is 0.517 bits per heavy atom. The molecule has 58 heavy (non-hydrogen) atoms. The van der Waals surface area contributed by atoms with Crippen molar-refractivity contribution in [2.75, 3.05) is 47.5 Å². The van der Waals surface area contributed by atoms with Gasteiger partial charge in [0, 0.05) is 12.8 Å². The van der Waals surface area contributed by atoms with Gasteiger partial charge in [-0.15, -0.1) is 0 Å². The van der Waals surface area contributed by atoms with Crippen molar-refractivity contribution in [3.8, 4) is 0 Å². The van der Waals surface area contributed by atoms with Gasteiger partial charge in [-0.3, -0.25) is 9.59 Å². The van der Waals surface area contributed by atoms with E-state index in [0.717, 1.165) is 57.8 Å². The Morgan fingerprint density at radius 3 is 1.40 bits per heavy atom. The zero-order chi connectivity index (χ0) is 42.8. The Labute approximate surface area is 356 Å². The minimum atomic E-state index is -1.51. The summed E-state index contributed by atoms with van der Waals surface area (Å²) >= 11 is 0. The summed E-state index contributed by atoms with van der Waals surface area (Å²) < 4.78 is 22.7. The number of rotatable bonds is 43. The number of allylic oxidation sites excluding steroid dienone is 6. The van der Waals surface area contributed by atoms with Crippen LogP contribution in [-0.2, 0) is 33.3 Å². The maximum atomic E-state index is 12.8. The largest absolute Gasteiger partial charge is 0.477 e. The van der Waals surface area contributed by atoms with Crippen LogP contribution < -0.4 is 0 Å². The van der Waals surface area contributed by atoms with E-state index in [2.05, 4.69) is 50.3 Å². The molecule has 338 valence electrons. The Morgan fingerprint density at radius 2 is 0.931 bits per heavy atom. The third-order valence-electron chi connectivity index (χ3n) is 10.1. The van der Waals surface area contributed by atoms with Crippen LogP contribution >= 0.6 is 0 Å². The van der Waals surface area contributed by atoms with Gasteiger partial charge in [-0.05, 0) is 70.6 Å². The van der Waals surface area contributed by atoms with Gasteiger partial charge in [0.25, 0.3) is 6.29 Å². The van der Waals surface area contributed by atoms with Crippen LogP contribution in [-0.4, -0.2) is 87.4 Å². The molecule has 0 aliphatic rings. The molecular weight excluding hydrogens is 731 g/mol. The fourth-order valence-electron chi connectivity index (χ4n) is 6.39. The van der Waals surface area contributed by atoms with Gasteiger partial charge in [0.1, 0.15) is 13.2 Å². The predicted molar refractivity (Wildman–Crippen MR) is 240 cm³/mol. The van der Waals surface area contributed by atoms with E-state index in [1.54, 1.807) is 0 Å². The lowest BCUT2D eigenvalue weighted by Crippen LogP contribution is -2.40. The third kappa shape index (κ3) is 41.7. The summed E-state index contributed by atoms with van der Waals surface area (Å²) in [4.78, 5) is 37.2. The quantitative estimate of drug-likeness (QED) is 0.0213. The summed E-state index contributed by atoms with van der Waals surface area (Å²) in [5.74, 6) is -2.03. The summed E-state index contributed by atoms with van der Waals surface area (Å²) in [6.45, 7) is 4.83. The van der Waals surface area contributed by atoms with Crippen molar-refractivity contribution < 1.29 is 42.9 Å². The molecule has 0 radical (unpaired) electrons. The number of hydrogen-bond donors (Lipinski definition) is 1. The number of carboxylic acid groups (broad SMARTS) is 1. The van der Waals surface area contributed by atoms with Gasteiger partial charge in [-0.1, -0.05) is 153 Å². The normalized spacial score (nSPS) is 13.2. The van der Waals surface area contributed by atoms with Crippen LogP contribution in [0.1, 0.15) is 200 Å². The average Bonchev–Trinajstić information content (AvgIpc) is 3.18. The number of aliphatic carboxylic acids is 1. The van der Waals surface area contributed by atoms with Gasteiger partial charge < -0.3 is 28.5 Å². The number of carbonyl (C=O) groups excluding carboxylic acids is 2. The third-order valence-corrected chi connectivity index (χ3v) is 10.1. The second-order valence-corrected chi connectivity index (χ2v) is 17.1. The van der Waals surface area contributed by atoms with Crippen LogP contribution in [0, 0.1) is 0 Å². The highest BCUT2D eigenvalue weighted by atomic mass is 16.7. The first-order valence-electron chi connectivity index (χ1n) is 23.7. The maximum Gasteiger partial charge on any atom is 0.361 e. The smallest absolute Gasteiger partial charge is 0.361 e. The number of ether oxygens (including phenoxy) is 4. The van der Waals surface area contributed by atoms with Crippen molar-refractivity contribution in [3.63, 3.8) is 0 Å². The lowest BCUT2D eigenvalue weighted by atomic mass is 10.1. The second kappa shape index (κ2) is 41.3. The van der Waals surface area contributed by atoms with E-state index >= 15 is 0 Å². The van der Waals surface area contributed by atoms with Gasteiger partial charge in [0.2, 0.25) is 0 Å². The lowest BCUT2D eigenvalue weighted by Gasteiger charge is -2.25. The number of esters is 2. The zero-order valence-electron chi connectivity index (χ0n) is 38.2. The minimum absolute atomic E-state index is 0.184. The molecule has 9 nitrogen and oxygen atoms in total. The Balaban J connectivity index is 4.43. The Hall–Kier alpha value is -2.49. The molecule has 0 fully saturated rings. The van der Waals surface area contributed by atoms with Crippen molar-refractivity contribution in [2.45, 2.75) is 212 Å². The van der Waals surface area contributed by atoms with E-state index in [4.69, 9.17) is 18.9 Å². The molecule has 0 aromatic heterocycles. The molecule has 0 aromatic carbocycles. The van der Waals surface area contributed by atoms with Crippen molar-refractivity contribution in [3.05, 3.63) is 36.5 Å². The van der Waals surface area contributed by atoms with E-state index in [1.807, 2.05) is 21.1 Å². The zero-order valence-corrected chi connectivity index (χ0v) is 38.2. The van der Waals surface area contributed by atoms with Crippen LogP contribution in [0.3, 0.4) is 0 Å². The van der Waals surface area contributed by atoms with Crippen LogP contribution in [0.4, 0.5) is 0 Å². The molecule has 9 heteroatoms. The van der Waals surface area contributed by atoms with E-state index in [9.17, 15) is 19.5 Å². The highest BCUT2D eigenvalue weighted by molar-refractivity contribution is 5.71. The molecule has 0 saturated carbocycles. The molecule has 1 N–H and O–H groups in total. The first-order valence-corrected chi connectivity index (χ1v) is 23.7. The molecule has 0 saturated heterocycles. The standard InChI is InChI=1S/C49H89NO8/c1-6-8-10-12-14-16-18-20-22-24-26-27-29-31-33-35-37-39-46(51)56-43-45(44-57-49(48(53)54)55-42-41-50(3,4)5)58-47(52)40-38-36-34-32-30-28-25-23-21-19-17-15-13-11-9-7-2/h17,19-20,22-23,25,45,49H,6-16,18,21,24,26-44H2,1-5H3/p+1/b19-17-,22-20-,25-23-. The molecule has 2 atom stereocenters. The summed E-state index contributed by atoms with van der Waals surface area (Å²) in [5, 5.41) is 9.64. The number of carbonyl (C=O) groups is 3. The van der Waals surface area contributed by atoms with Crippen molar-refractivity contribution in [1.29, 1.82) is 0 Å². The van der Waals surface area contributed by atoms with Gasteiger partial charge in [0.05, 0.1) is 34.4 Å². The van der Waals surface area contributed by atoms with Gasteiger partial charge >= 0.3 is 17.9 Å². The highest BCUT2D eigenvalue weighted by Crippen LogP contribution is 2.14. The van der Waals surface area contributed by atoms with E-state index in [0.29, 0.717) is 23.9 Å². The number of quaternary nitrogens is 1. The van der Waals surface area contributed by atoms with E-state index in [1.165, 1.54) is 109 Å². The molecule has 2 unspecified atom stereocenters. The van der Waals surface area contributed by atoms with E-state index < -0.39 is 24.3 Å². The topological polar surface area (TPSA) is 108 Å². The minimum Gasteiger partial charge on any atom is -0.477 e. The maximum absolute atomic E-state index is 12.8. The number of likely N-dealkylation sites (N-methyl/N-ethyl adjacent to an activating group) is 1. The molecular formula is C49H90NO8+. The molecule has 0 bridgehead atoms. The van der Waals surface area contributed by atoms with Gasteiger partial charge in [0.15, 0.2) is 6.10 Å². The summed E-state index contributed by atoms with van der Waals surface area (Å²) in [5.41, 5.74) is 0. The SMILES string of the molecule is CCCCCC/C=C\C/C=C\CCCCCCCC(=O)OC(COC(=O)CCCCCCCCC/C=C\CCCCCCCC)COC(OCC[N+](C)(C)C)C(=O)O. The van der Waals surface area contributed by atoms with Crippen molar-refractivity contribution in [2.24, 2.45) is 0 Å². The lowest BCUT2D eigenvalue weighted by molar-refractivity contribution is -0.870. The average molecular weight is 821 g/mol. The van der Waals surface area contributed by atoms with E-state index in [-0.39, 0.29) is 32.2 Å². The molecule has 0 aromatic rings. The van der Waals surface area contributed by atoms with Crippen LogP contribution in [0.15, 0.2) is 36.5 Å². The number of unbranched alkanes of at least 4 members (excludes halogenated alkanes) is 22. The van der Waals surface area contributed by atoms with Gasteiger partial charge in [-0.2, -0.15) is 0 Å². The van der Waals surface area contributed by atoms with Crippen molar-refractivity contribution in [1.82, 2.24) is 0 Å². The fourth-order valence-corrected chi connectivity index (χ4v) is 6.39. The molecule has 0 aliphatic carbocycles. The first kappa shape index (κ1) is 55.5. The van der Waals surface area contributed by atoms with Crippen LogP contribution in [0.2, 0.25) is 0 Å².